The molecule has 0 spiro atoms. The molecule has 0 saturated heterocycles. The number of benzene rings is 1. The van der Waals surface area contributed by atoms with Gasteiger partial charge in [0.1, 0.15) is 0 Å². The van der Waals surface area contributed by atoms with Gasteiger partial charge < -0.3 is 4.74 Å². The first-order valence-corrected chi connectivity index (χ1v) is 7.89. The van der Waals surface area contributed by atoms with Crippen LogP contribution in [-0.2, 0) is 10.0 Å². The third-order valence-corrected chi connectivity index (χ3v) is 3.65. The molecule has 4 nitrogen and oxygen atoms in total. The Kier molecular flexibility index (Phi) is 5.75. The lowest BCUT2D eigenvalue weighted by Crippen LogP contribution is -2.18. The molecule has 0 aliphatic carbocycles. The van der Waals surface area contributed by atoms with Gasteiger partial charge in [-0.25, -0.2) is 17.9 Å². The number of nitrogens with two attached hydrogens (primary N) is 1. The highest BCUT2D eigenvalue weighted by Gasteiger charge is 2.09. The number of rotatable bonds is 7. The van der Waals surface area contributed by atoms with Crippen LogP contribution in [0.25, 0.3) is 0 Å². The second-order valence-electron chi connectivity index (χ2n) is 4.83. The van der Waals surface area contributed by atoms with Crippen molar-refractivity contribution in [2.45, 2.75) is 26.7 Å². The standard InChI is InChI=1S/C13H20FNO3S/c1-10(6-8-19(15,16)17)5-7-18-13-9-11(2)3-4-12(13)14/h3-4,9-10H,5-8H2,1-2H3,(H2,15,16,17). The van der Waals surface area contributed by atoms with E-state index in [1.807, 2.05) is 13.8 Å². The fourth-order valence-corrected chi connectivity index (χ4v) is 2.33. The summed E-state index contributed by atoms with van der Waals surface area (Å²) in [7, 11) is -3.41. The molecule has 0 aliphatic heterocycles. The van der Waals surface area contributed by atoms with Crippen LogP contribution in [0.15, 0.2) is 18.2 Å². The fourth-order valence-electron chi connectivity index (χ4n) is 1.60. The van der Waals surface area contributed by atoms with E-state index in [1.54, 1.807) is 12.1 Å². The van der Waals surface area contributed by atoms with Crippen molar-refractivity contribution < 1.29 is 17.5 Å². The molecule has 0 saturated carbocycles. The number of hydrogen-bond acceptors (Lipinski definition) is 3. The van der Waals surface area contributed by atoms with Gasteiger partial charge in [0.05, 0.1) is 12.4 Å². The lowest BCUT2D eigenvalue weighted by Gasteiger charge is -2.12. The topological polar surface area (TPSA) is 69.4 Å². The van der Waals surface area contributed by atoms with E-state index in [1.165, 1.54) is 6.07 Å². The van der Waals surface area contributed by atoms with Gasteiger partial charge in [-0.2, -0.15) is 0 Å². The second kappa shape index (κ2) is 6.86. The van der Waals surface area contributed by atoms with Gasteiger partial charge in [0, 0.05) is 0 Å². The maximum absolute atomic E-state index is 13.4. The minimum atomic E-state index is -3.41. The predicted octanol–water partition coefficient (Wildman–Crippen LogP) is 2.22. The summed E-state index contributed by atoms with van der Waals surface area (Å²) in [6.45, 7) is 4.13. The van der Waals surface area contributed by atoms with E-state index in [-0.39, 0.29) is 23.2 Å². The van der Waals surface area contributed by atoms with Crippen molar-refractivity contribution in [1.82, 2.24) is 0 Å². The zero-order valence-electron chi connectivity index (χ0n) is 11.2. The van der Waals surface area contributed by atoms with Crippen LogP contribution in [0.4, 0.5) is 4.39 Å². The van der Waals surface area contributed by atoms with Crippen molar-refractivity contribution in [3.63, 3.8) is 0 Å². The van der Waals surface area contributed by atoms with Crippen LogP contribution in [0.2, 0.25) is 0 Å². The van der Waals surface area contributed by atoms with Gasteiger partial charge in [-0.15, -0.1) is 0 Å². The molecule has 0 aliphatic rings. The Morgan fingerprint density at radius 2 is 2.05 bits per heavy atom. The van der Waals surface area contributed by atoms with Gasteiger partial charge in [0.2, 0.25) is 10.0 Å². The first kappa shape index (κ1) is 15.9. The quantitative estimate of drug-likeness (QED) is 0.836. The molecular formula is C13H20FNO3S. The van der Waals surface area contributed by atoms with Gasteiger partial charge in [-0.3, -0.25) is 0 Å². The second-order valence-corrected chi connectivity index (χ2v) is 6.57. The van der Waals surface area contributed by atoms with Gasteiger partial charge >= 0.3 is 0 Å². The highest BCUT2D eigenvalue weighted by Crippen LogP contribution is 2.19. The summed E-state index contributed by atoms with van der Waals surface area (Å²) in [5.74, 6) is -0.0277. The van der Waals surface area contributed by atoms with E-state index in [9.17, 15) is 12.8 Å². The van der Waals surface area contributed by atoms with E-state index >= 15 is 0 Å². The third kappa shape index (κ3) is 6.54. The molecule has 1 aromatic rings. The fraction of sp³-hybridized carbons (Fsp3) is 0.538. The van der Waals surface area contributed by atoms with Crippen LogP contribution in [0.5, 0.6) is 5.75 Å². The van der Waals surface area contributed by atoms with Gasteiger partial charge in [-0.1, -0.05) is 13.0 Å². The van der Waals surface area contributed by atoms with Crippen molar-refractivity contribution in [3.05, 3.63) is 29.6 Å². The van der Waals surface area contributed by atoms with Crippen molar-refractivity contribution in [2.24, 2.45) is 11.1 Å². The highest BCUT2D eigenvalue weighted by molar-refractivity contribution is 7.89. The number of halogens is 1. The summed E-state index contributed by atoms with van der Waals surface area (Å²) in [6, 6.07) is 4.69. The monoisotopic (exact) mass is 289 g/mol. The molecule has 0 heterocycles. The van der Waals surface area contributed by atoms with E-state index in [4.69, 9.17) is 9.88 Å². The minimum Gasteiger partial charge on any atom is -0.490 e. The first-order valence-electron chi connectivity index (χ1n) is 6.17. The molecule has 1 atom stereocenters. The lowest BCUT2D eigenvalue weighted by molar-refractivity contribution is 0.270. The average Bonchev–Trinajstić information content (AvgIpc) is 2.30. The average molecular weight is 289 g/mol. The maximum atomic E-state index is 13.4. The van der Waals surface area contributed by atoms with E-state index in [0.29, 0.717) is 19.4 Å². The van der Waals surface area contributed by atoms with Crippen molar-refractivity contribution in [2.75, 3.05) is 12.4 Å². The summed E-state index contributed by atoms with van der Waals surface area (Å²) in [5, 5.41) is 4.93. The Labute approximate surface area is 113 Å². The van der Waals surface area contributed by atoms with Crippen LogP contribution in [0.3, 0.4) is 0 Å². The summed E-state index contributed by atoms with van der Waals surface area (Å²) < 4.78 is 40.4. The molecule has 19 heavy (non-hydrogen) atoms. The number of sulfonamides is 1. The highest BCUT2D eigenvalue weighted by atomic mass is 32.2. The van der Waals surface area contributed by atoms with E-state index < -0.39 is 10.0 Å². The van der Waals surface area contributed by atoms with Crippen molar-refractivity contribution >= 4 is 10.0 Å². The molecule has 0 fully saturated rings. The molecule has 108 valence electrons. The molecule has 0 aromatic heterocycles. The van der Waals surface area contributed by atoms with Crippen molar-refractivity contribution in [1.29, 1.82) is 0 Å². The Bertz CT molecular complexity index is 517. The Hall–Kier alpha value is -1.14. The van der Waals surface area contributed by atoms with Gasteiger partial charge in [0.15, 0.2) is 11.6 Å². The summed E-state index contributed by atoms with van der Waals surface area (Å²) in [6.07, 6.45) is 1.14. The smallest absolute Gasteiger partial charge is 0.209 e. The lowest BCUT2D eigenvalue weighted by atomic mass is 10.1. The molecule has 2 N–H and O–H groups in total. The zero-order valence-corrected chi connectivity index (χ0v) is 12.0. The SMILES string of the molecule is Cc1ccc(F)c(OCCC(C)CCS(N)(=O)=O)c1. The Balaban J connectivity index is 2.35. The molecular weight excluding hydrogens is 269 g/mol. The summed E-state index contributed by atoms with van der Waals surface area (Å²) in [5.41, 5.74) is 0.929. The molecule has 0 bridgehead atoms. The molecule has 1 aromatic carbocycles. The molecule has 1 rings (SSSR count). The molecule has 0 amide bonds. The van der Waals surface area contributed by atoms with Gasteiger partial charge in [0.25, 0.3) is 0 Å². The van der Waals surface area contributed by atoms with Crippen molar-refractivity contribution in [3.8, 4) is 5.75 Å². The predicted molar refractivity (Wildman–Crippen MR) is 73.0 cm³/mol. The number of hydrogen-bond donors (Lipinski definition) is 1. The largest absolute Gasteiger partial charge is 0.490 e. The minimum absolute atomic E-state index is 0.0347. The molecule has 1 unspecified atom stereocenters. The van der Waals surface area contributed by atoms with E-state index in [2.05, 4.69) is 0 Å². The zero-order chi connectivity index (χ0) is 14.5. The molecule has 6 heteroatoms. The number of primary sulfonamides is 1. The molecule has 0 radical (unpaired) electrons. The van der Waals surface area contributed by atoms with E-state index in [0.717, 1.165) is 5.56 Å². The van der Waals surface area contributed by atoms with Crippen LogP contribution >= 0.6 is 0 Å². The van der Waals surface area contributed by atoms with Crippen LogP contribution in [0, 0.1) is 18.7 Å². The van der Waals surface area contributed by atoms with Crippen LogP contribution < -0.4 is 9.88 Å². The van der Waals surface area contributed by atoms with Crippen LogP contribution in [-0.4, -0.2) is 20.8 Å². The maximum Gasteiger partial charge on any atom is 0.209 e. The Morgan fingerprint density at radius 1 is 1.37 bits per heavy atom. The van der Waals surface area contributed by atoms with Gasteiger partial charge in [-0.05, 0) is 43.4 Å². The first-order chi connectivity index (χ1) is 8.78. The number of ether oxygens (including phenoxy) is 1. The summed E-state index contributed by atoms with van der Waals surface area (Å²) >= 11 is 0. The normalized spacial score (nSPS) is 13.3. The Morgan fingerprint density at radius 3 is 2.68 bits per heavy atom. The van der Waals surface area contributed by atoms with Crippen LogP contribution in [0.1, 0.15) is 25.3 Å². The number of aryl methyl sites for hydroxylation is 1. The third-order valence-electron chi connectivity index (χ3n) is 2.85. The summed E-state index contributed by atoms with van der Waals surface area (Å²) in [4.78, 5) is 0.